The van der Waals surface area contributed by atoms with E-state index in [2.05, 4.69) is 30.0 Å². The van der Waals surface area contributed by atoms with Gasteiger partial charge in [-0.2, -0.15) is 0 Å². The summed E-state index contributed by atoms with van der Waals surface area (Å²) in [7, 11) is 0. The van der Waals surface area contributed by atoms with E-state index in [-0.39, 0.29) is 0 Å². The molecule has 1 saturated carbocycles. The van der Waals surface area contributed by atoms with Gasteiger partial charge < -0.3 is 5.11 Å². The highest BCUT2D eigenvalue weighted by molar-refractivity contribution is 5.79. The van der Waals surface area contributed by atoms with Gasteiger partial charge in [0.05, 0.1) is 5.60 Å². The van der Waals surface area contributed by atoms with Gasteiger partial charge in [-0.1, -0.05) is 73.5 Å². The lowest BCUT2D eigenvalue weighted by atomic mass is 9.96. The van der Waals surface area contributed by atoms with Crippen LogP contribution in [0.5, 0.6) is 0 Å². The molecule has 1 nitrogen and oxygen atoms in total. The maximum absolute atomic E-state index is 10.5. The van der Waals surface area contributed by atoms with Crippen LogP contribution in [0.3, 0.4) is 0 Å². The Bertz CT molecular complexity index is 601. The number of hydrogen-bond donors (Lipinski definition) is 1. The molecule has 2 aromatic carbocycles. The van der Waals surface area contributed by atoms with E-state index in [1.165, 1.54) is 0 Å². The molecule has 1 aliphatic rings. The predicted molar refractivity (Wildman–Crippen MR) is 86.9 cm³/mol. The predicted octanol–water partition coefficient (Wildman–Crippen LogP) is 4.58. The summed E-state index contributed by atoms with van der Waals surface area (Å²) in [6, 6.07) is 20.5. The molecule has 0 radical (unpaired) electrons. The van der Waals surface area contributed by atoms with E-state index in [0.29, 0.717) is 0 Å². The van der Waals surface area contributed by atoms with Crippen molar-refractivity contribution in [2.24, 2.45) is 0 Å². The normalized spacial score (nSPS) is 16.2. The molecule has 106 valence electrons. The summed E-state index contributed by atoms with van der Waals surface area (Å²) in [6.45, 7) is 0. The van der Waals surface area contributed by atoms with Crippen molar-refractivity contribution in [1.29, 1.82) is 0 Å². The van der Waals surface area contributed by atoms with Gasteiger partial charge in [0.25, 0.3) is 0 Å². The third-order valence-electron chi connectivity index (χ3n) is 4.08. The molecular weight excluding hydrogens is 256 g/mol. The summed E-state index contributed by atoms with van der Waals surface area (Å²) >= 11 is 0. The number of hydrogen-bond acceptors (Lipinski definition) is 1. The van der Waals surface area contributed by atoms with Crippen molar-refractivity contribution >= 4 is 5.57 Å². The van der Waals surface area contributed by atoms with E-state index in [9.17, 15) is 5.11 Å². The Morgan fingerprint density at radius 2 is 1.33 bits per heavy atom. The Balaban J connectivity index is 2.07. The summed E-state index contributed by atoms with van der Waals surface area (Å²) in [5.74, 6) is 0. The van der Waals surface area contributed by atoms with Crippen molar-refractivity contribution in [3.63, 3.8) is 0 Å². The Hall–Kier alpha value is -2.08. The Morgan fingerprint density at radius 3 is 1.81 bits per heavy atom. The zero-order valence-corrected chi connectivity index (χ0v) is 12.1. The van der Waals surface area contributed by atoms with E-state index in [4.69, 9.17) is 0 Å². The highest BCUT2D eigenvalue weighted by Crippen LogP contribution is 2.31. The zero-order valence-electron chi connectivity index (χ0n) is 12.1. The van der Waals surface area contributed by atoms with Crippen LogP contribution in [0, 0.1) is 0 Å². The highest BCUT2D eigenvalue weighted by atomic mass is 16.3. The molecule has 0 atom stereocenters. The topological polar surface area (TPSA) is 20.2 Å². The summed E-state index contributed by atoms with van der Waals surface area (Å²) in [5.41, 5.74) is 6.00. The van der Waals surface area contributed by atoms with Crippen LogP contribution in [0.15, 0.2) is 72.5 Å². The fourth-order valence-electron chi connectivity index (χ4n) is 2.88. The standard InChI is InChI=1S/C20H20O/c21-20(14-7-8-15-20)16-13-19(17-9-3-1-4-10-17)18-11-5-2-6-12-18/h1-6,9-12,16,21H,7-8,14-15H2. The first-order valence-electron chi connectivity index (χ1n) is 7.58. The van der Waals surface area contributed by atoms with Crippen LogP contribution in [0.2, 0.25) is 0 Å². The highest BCUT2D eigenvalue weighted by Gasteiger charge is 2.27. The Kier molecular flexibility index (Phi) is 4.06. The molecule has 21 heavy (non-hydrogen) atoms. The number of rotatable bonds is 3. The maximum atomic E-state index is 10.5. The molecule has 2 aromatic rings. The van der Waals surface area contributed by atoms with Gasteiger partial charge in [0.2, 0.25) is 0 Å². The summed E-state index contributed by atoms with van der Waals surface area (Å²) in [6.07, 6.45) is 5.75. The molecule has 1 N–H and O–H groups in total. The molecule has 1 heteroatoms. The van der Waals surface area contributed by atoms with Gasteiger partial charge in [0, 0.05) is 5.57 Å². The van der Waals surface area contributed by atoms with E-state index in [1.54, 1.807) is 0 Å². The van der Waals surface area contributed by atoms with Crippen molar-refractivity contribution in [2.75, 3.05) is 0 Å². The van der Waals surface area contributed by atoms with Crippen LogP contribution in [0.4, 0.5) is 0 Å². The van der Waals surface area contributed by atoms with Gasteiger partial charge in [-0.15, -0.1) is 5.73 Å². The van der Waals surface area contributed by atoms with Gasteiger partial charge in [0.1, 0.15) is 0 Å². The second kappa shape index (κ2) is 6.13. The van der Waals surface area contributed by atoms with Crippen molar-refractivity contribution < 1.29 is 5.11 Å². The Morgan fingerprint density at radius 1 is 0.857 bits per heavy atom. The van der Waals surface area contributed by atoms with Crippen molar-refractivity contribution in [2.45, 2.75) is 31.3 Å². The average molecular weight is 276 g/mol. The second-order valence-corrected chi connectivity index (χ2v) is 5.71. The quantitative estimate of drug-likeness (QED) is 0.814. The second-order valence-electron chi connectivity index (χ2n) is 5.71. The van der Waals surface area contributed by atoms with E-state index in [0.717, 1.165) is 42.4 Å². The van der Waals surface area contributed by atoms with Crippen LogP contribution in [-0.4, -0.2) is 10.7 Å². The number of aliphatic hydroxyl groups is 1. The fraction of sp³-hybridized carbons (Fsp3) is 0.250. The first kappa shape index (κ1) is 13.9. The van der Waals surface area contributed by atoms with Gasteiger partial charge in [-0.3, -0.25) is 0 Å². The van der Waals surface area contributed by atoms with Gasteiger partial charge >= 0.3 is 0 Å². The van der Waals surface area contributed by atoms with Gasteiger partial charge in [-0.05, 0) is 30.0 Å². The zero-order chi connectivity index (χ0) is 14.5. The minimum atomic E-state index is -0.672. The molecule has 0 unspecified atom stereocenters. The summed E-state index contributed by atoms with van der Waals surface area (Å²) < 4.78 is 0. The van der Waals surface area contributed by atoms with Gasteiger partial charge in [-0.25, -0.2) is 0 Å². The lowest BCUT2D eigenvalue weighted by Gasteiger charge is -2.15. The van der Waals surface area contributed by atoms with Crippen LogP contribution in [-0.2, 0) is 0 Å². The Labute approximate surface area is 126 Å². The summed E-state index contributed by atoms with van der Waals surface area (Å²) in [4.78, 5) is 0. The summed E-state index contributed by atoms with van der Waals surface area (Å²) in [5, 5.41) is 10.5. The molecule has 1 aliphatic carbocycles. The fourth-order valence-corrected chi connectivity index (χ4v) is 2.88. The molecule has 1 fully saturated rings. The molecule has 0 spiro atoms. The smallest absolute Gasteiger partial charge is 0.0901 e. The third-order valence-corrected chi connectivity index (χ3v) is 4.08. The van der Waals surface area contributed by atoms with Crippen LogP contribution in [0.1, 0.15) is 36.8 Å². The van der Waals surface area contributed by atoms with Crippen LogP contribution in [0.25, 0.3) is 5.57 Å². The molecule has 3 rings (SSSR count). The first-order valence-corrected chi connectivity index (χ1v) is 7.58. The monoisotopic (exact) mass is 276 g/mol. The van der Waals surface area contributed by atoms with Crippen molar-refractivity contribution in [3.05, 3.63) is 83.6 Å². The maximum Gasteiger partial charge on any atom is 0.0901 e. The molecule has 0 aromatic heterocycles. The molecule has 0 heterocycles. The molecule has 0 amide bonds. The van der Waals surface area contributed by atoms with E-state index in [1.807, 2.05) is 42.5 Å². The molecule has 0 saturated heterocycles. The average Bonchev–Trinajstić information content (AvgIpc) is 2.97. The van der Waals surface area contributed by atoms with E-state index < -0.39 is 5.60 Å². The van der Waals surface area contributed by atoms with Crippen LogP contribution < -0.4 is 0 Å². The van der Waals surface area contributed by atoms with E-state index >= 15 is 0 Å². The SMILES string of the molecule is OC1(C=C=C(c2ccccc2)c2ccccc2)CCCC1. The van der Waals surface area contributed by atoms with Crippen LogP contribution >= 0.6 is 0 Å². The lowest BCUT2D eigenvalue weighted by Crippen LogP contribution is -2.19. The van der Waals surface area contributed by atoms with Gasteiger partial charge in [0.15, 0.2) is 0 Å². The minimum absolute atomic E-state index is 0.672. The largest absolute Gasteiger partial charge is 0.385 e. The first-order chi connectivity index (χ1) is 10.3. The molecule has 0 bridgehead atoms. The third kappa shape index (κ3) is 3.33. The number of benzene rings is 2. The minimum Gasteiger partial charge on any atom is -0.385 e. The lowest BCUT2D eigenvalue weighted by molar-refractivity contribution is 0.0995. The molecule has 0 aliphatic heterocycles. The van der Waals surface area contributed by atoms with Crippen molar-refractivity contribution in [3.8, 4) is 0 Å². The molecular formula is C20H20O. The van der Waals surface area contributed by atoms with Crippen molar-refractivity contribution in [1.82, 2.24) is 0 Å².